The highest BCUT2D eigenvalue weighted by Gasteiger charge is 2.06. The third-order valence-corrected chi connectivity index (χ3v) is 4.53. The smallest absolute Gasteiger partial charge is 0.190 e. The first kappa shape index (κ1) is 14.9. The summed E-state index contributed by atoms with van der Waals surface area (Å²) < 4.78 is 7.42. The minimum atomic E-state index is 0.737. The van der Waals surface area contributed by atoms with Crippen LogP contribution in [0.4, 0.5) is 5.69 Å². The van der Waals surface area contributed by atoms with Gasteiger partial charge in [0.2, 0.25) is 0 Å². The Morgan fingerprint density at radius 3 is 2.55 bits per heavy atom. The van der Waals surface area contributed by atoms with E-state index in [4.69, 9.17) is 21.3 Å². The average Bonchev–Trinajstić information content (AvgIpc) is 2.90. The molecule has 0 saturated carbocycles. The number of halogens is 1. The molecule has 0 N–H and O–H groups in total. The van der Waals surface area contributed by atoms with Gasteiger partial charge < -0.3 is 9.30 Å². The van der Waals surface area contributed by atoms with Crippen molar-refractivity contribution in [2.75, 3.05) is 7.11 Å². The third-order valence-electron chi connectivity index (χ3n) is 3.37. The Bertz CT molecular complexity index is 850. The highest BCUT2D eigenvalue weighted by molar-refractivity contribution is 7.07. The topological polar surface area (TPSA) is 26.5 Å². The van der Waals surface area contributed by atoms with Gasteiger partial charge in [-0.1, -0.05) is 35.9 Å². The monoisotopic (exact) mass is 330 g/mol. The highest BCUT2D eigenvalue weighted by atomic mass is 35.5. The molecule has 0 aliphatic heterocycles. The first-order chi connectivity index (χ1) is 10.7. The van der Waals surface area contributed by atoms with Crippen LogP contribution in [-0.4, -0.2) is 11.7 Å². The Morgan fingerprint density at radius 1 is 1.09 bits per heavy atom. The first-order valence-corrected chi connectivity index (χ1v) is 8.03. The van der Waals surface area contributed by atoms with E-state index in [0.717, 1.165) is 32.5 Å². The van der Waals surface area contributed by atoms with E-state index in [-0.39, 0.29) is 0 Å². The summed E-state index contributed by atoms with van der Waals surface area (Å²) in [4.78, 5) is 5.62. The molecule has 0 aliphatic carbocycles. The molecule has 0 radical (unpaired) electrons. The van der Waals surface area contributed by atoms with E-state index >= 15 is 0 Å². The van der Waals surface area contributed by atoms with Crippen molar-refractivity contribution >= 4 is 28.6 Å². The van der Waals surface area contributed by atoms with Gasteiger partial charge in [-0.05, 0) is 29.8 Å². The Balaban J connectivity index is 2.07. The molecule has 0 atom stereocenters. The number of nitrogens with zero attached hydrogens (tertiary/aromatic N) is 2. The first-order valence-electron chi connectivity index (χ1n) is 6.77. The molecule has 112 valence electrons. The second kappa shape index (κ2) is 6.38. The van der Waals surface area contributed by atoms with Crippen molar-refractivity contribution in [2.24, 2.45) is 12.0 Å². The minimum absolute atomic E-state index is 0.737. The van der Waals surface area contributed by atoms with Crippen LogP contribution in [0.15, 0.2) is 58.9 Å². The van der Waals surface area contributed by atoms with E-state index in [9.17, 15) is 0 Å². The van der Waals surface area contributed by atoms with Crippen LogP contribution in [0.5, 0.6) is 5.75 Å². The second-order valence-corrected chi connectivity index (χ2v) is 6.03. The van der Waals surface area contributed by atoms with Crippen LogP contribution >= 0.6 is 22.9 Å². The largest absolute Gasteiger partial charge is 0.494 e. The number of aromatic nitrogens is 1. The molecule has 0 unspecified atom stereocenters. The summed E-state index contributed by atoms with van der Waals surface area (Å²) in [6, 6.07) is 15.6. The van der Waals surface area contributed by atoms with Crippen LogP contribution in [-0.2, 0) is 7.05 Å². The molecule has 0 saturated heterocycles. The molecule has 1 aromatic heterocycles. The number of ether oxygens (including phenoxy) is 1. The minimum Gasteiger partial charge on any atom is -0.494 e. The van der Waals surface area contributed by atoms with E-state index in [2.05, 4.69) is 9.95 Å². The van der Waals surface area contributed by atoms with Crippen molar-refractivity contribution in [3.8, 4) is 17.0 Å². The quantitative estimate of drug-likeness (QED) is 0.686. The summed E-state index contributed by atoms with van der Waals surface area (Å²) in [6.45, 7) is 0. The Kier molecular flexibility index (Phi) is 4.32. The van der Waals surface area contributed by atoms with Gasteiger partial charge in [-0.25, -0.2) is 4.99 Å². The van der Waals surface area contributed by atoms with Gasteiger partial charge in [0.1, 0.15) is 11.4 Å². The van der Waals surface area contributed by atoms with Gasteiger partial charge in [0, 0.05) is 17.5 Å². The van der Waals surface area contributed by atoms with Crippen LogP contribution < -0.4 is 9.54 Å². The van der Waals surface area contributed by atoms with Crippen LogP contribution in [0.1, 0.15) is 0 Å². The summed E-state index contributed by atoms with van der Waals surface area (Å²) >= 11 is 7.55. The van der Waals surface area contributed by atoms with Gasteiger partial charge in [-0.15, -0.1) is 11.3 Å². The zero-order chi connectivity index (χ0) is 15.5. The molecule has 0 bridgehead atoms. The van der Waals surface area contributed by atoms with Gasteiger partial charge in [0.15, 0.2) is 4.80 Å². The van der Waals surface area contributed by atoms with E-state index in [0.29, 0.717) is 0 Å². The molecule has 0 amide bonds. The Labute approximate surface area is 138 Å². The van der Waals surface area contributed by atoms with Crippen molar-refractivity contribution in [1.82, 2.24) is 4.57 Å². The fourth-order valence-corrected chi connectivity index (χ4v) is 3.22. The number of hydrogen-bond donors (Lipinski definition) is 0. The van der Waals surface area contributed by atoms with Crippen LogP contribution in [0.25, 0.3) is 11.3 Å². The van der Waals surface area contributed by atoms with Crippen LogP contribution in [0.3, 0.4) is 0 Å². The number of thiazole rings is 1. The molecular formula is C17H15ClN2OS. The molecule has 0 aliphatic rings. The number of rotatable bonds is 3. The van der Waals surface area contributed by atoms with E-state index in [1.54, 1.807) is 18.4 Å². The summed E-state index contributed by atoms with van der Waals surface area (Å²) in [5.41, 5.74) is 3.05. The van der Waals surface area contributed by atoms with Crippen LogP contribution in [0.2, 0.25) is 5.02 Å². The molecule has 5 heteroatoms. The summed E-state index contributed by atoms with van der Waals surface area (Å²) in [6.07, 6.45) is 0. The number of para-hydroxylation sites is 2. The second-order valence-electron chi connectivity index (χ2n) is 4.75. The lowest BCUT2D eigenvalue weighted by molar-refractivity contribution is 0.416. The summed E-state index contributed by atoms with van der Waals surface area (Å²) in [5.74, 6) is 0.768. The van der Waals surface area contributed by atoms with E-state index < -0.39 is 0 Å². The fraction of sp³-hybridized carbons (Fsp3) is 0.118. The lowest BCUT2D eigenvalue weighted by Gasteiger charge is -2.04. The Morgan fingerprint density at radius 2 is 1.82 bits per heavy atom. The SMILES string of the molecule is COc1ccccc1N=c1scc(-c2ccc(Cl)cc2)n1C. The normalized spacial score (nSPS) is 11.7. The fourth-order valence-electron chi connectivity index (χ4n) is 2.18. The lowest BCUT2D eigenvalue weighted by Crippen LogP contribution is -2.10. The number of benzene rings is 2. The van der Waals surface area contributed by atoms with Gasteiger partial charge in [0.05, 0.1) is 12.8 Å². The molecule has 0 fully saturated rings. The molecule has 3 rings (SSSR count). The molecule has 3 aromatic rings. The van der Waals surface area contributed by atoms with Gasteiger partial charge in [-0.3, -0.25) is 0 Å². The van der Waals surface area contributed by atoms with Crippen molar-refractivity contribution in [3.63, 3.8) is 0 Å². The molecule has 3 nitrogen and oxygen atoms in total. The maximum Gasteiger partial charge on any atom is 0.190 e. The maximum atomic E-state index is 5.95. The van der Waals surface area contributed by atoms with Gasteiger partial charge in [-0.2, -0.15) is 0 Å². The van der Waals surface area contributed by atoms with E-state index in [1.165, 1.54) is 0 Å². The zero-order valence-electron chi connectivity index (χ0n) is 12.3. The lowest BCUT2D eigenvalue weighted by atomic mass is 10.2. The molecule has 2 aromatic carbocycles. The third kappa shape index (κ3) is 2.93. The average molecular weight is 331 g/mol. The summed E-state index contributed by atoms with van der Waals surface area (Å²) in [5, 5.41) is 2.83. The highest BCUT2D eigenvalue weighted by Crippen LogP contribution is 2.26. The van der Waals surface area contributed by atoms with Crippen molar-refractivity contribution in [2.45, 2.75) is 0 Å². The van der Waals surface area contributed by atoms with Crippen molar-refractivity contribution in [3.05, 3.63) is 63.7 Å². The molecule has 0 spiro atoms. The zero-order valence-corrected chi connectivity index (χ0v) is 13.9. The standard InChI is InChI=1S/C17H15ClN2OS/c1-20-15(12-7-9-13(18)10-8-12)11-22-17(20)19-14-5-3-4-6-16(14)21-2/h3-11H,1-2H3. The van der Waals surface area contributed by atoms with Crippen molar-refractivity contribution < 1.29 is 4.74 Å². The summed E-state index contributed by atoms with van der Waals surface area (Å²) in [7, 11) is 3.66. The maximum absolute atomic E-state index is 5.95. The molecule has 22 heavy (non-hydrogen) atoms. The van der Waals surface area contributed by atoms with Crippen molar-refractivity contribution in [1.29, 1.82) is 0 Å². The number of hydrogen-bond acceptors (Lipinski definition) is 3. The number of methoxy groups -OCH3 is 1. The molecule has 1 heterocycles. The van der Waals surface area contributed by atoms with E-state index in [1.807, 2.05) is 55.6 Å². The predicted molar refractivity (Wildman–Crippen MR) is 92.0 cm³/mol. The molecular weight excluding hydrogens is 316 g/mol. The van der Waals surface area contributed by atoms with Crippen LogP contribution in [0, 0.1) is 0 Å². The Hall–Kier alpha value is -2.04. The van der Waals surface area contributed by atoms with Gasteiger partial charge in [0.25, 0.3) is 0 Å². The predicted octanol–water partition coefficient (Wildman–Crippen LogP) is 4.65. The van der Waals surface area contributed by atoms with Gasteiger partial charge >= 0.3 is 0 Å².